The monoisotopic (exact) mass is 236 g/mol. The van der Waals surface area contributed by atoms with Gasteiger partial charge in [0, 0.05) is 13.2 Å². The Kier molecular flexibility index (Phi) is 4.98. The highest BCUT2D eigenvalue weighted by atomic mass is 16.5. The molecule has 1 aromatic carbocycles. The van der Waals surface area contributed by atoms with Crippen molar-refractivity contribution in [2.75, 3.05) is 13.2 Å². The molecule has 2 atom stereocenters. The van der Waals surface area contributed by atoms with Crippen molar-refractivity contribution in [1.82, 2.24) is 0 Å². The quantitative estimate of drug-likeness (QED) is 0.769. The molecule has 1 N–H and O–H groups in total. The normalized spacial score (nSPS) is 24.1. The van der Waals surface area contributed by atoms with Gasteiger partial charge in [-0.15, -0.1) is 0 Å². The predicted molar refractivity (Wildman–Crippen MR) is 65.7 cm³/mol. The first-order chi connectivity index (χ1) is 8.36. The van der Waals surface area contributed by atoms with Gasteiger partial charge in [-0.1, -0.05) is 30.3 Å². The molecule has 0 saturated carbocycles. The second kappa shape index (κ2) is 6.74. The van der Waals surface area contributed by atoms with Gasteiger partial charge in [0.05, 0.1) is 18.8 Å². The van der Waals surface area contributed by atoms with Gasteiger partial charge in [-0.05, 0) is 24.8 Å². The van der Waals surface area contributed by atoms with E-state index in [1.54, 1.807) is 0 Å². The molecule has 94 valence electrons. The maximum Gasteiger partial charge on any atom is 0.0835 e. The van der Waals surface area contributed by atoms with E-state index in [1.165, 1.54) is 5.56 Å². The van der Waals surface area contributed by atoms with Crippen molar-refractivity contribution in [3.05, 3.63) is 35.9 Å². The minimum Gasteiger partial charge on any atom is -0.390 e. The molecule has 3 heteroatoms. The van der Waals surface area contributed by atoms with Crippen LogP contribution >= 0.6 is 0 Å². The Labute approximate surface area is 102 Å². The minimum atomic E-state index is -0.274. The molecule has 1 aliphatic heterocycles. The molecule has 0 unspecified atom stereocenters. The highest BCUT2D eigenvalue weighted by Crippen LogP contribution is 2.17. The molecule has 1 saturated heterocycles. The Balaban J connectivity index is 1.55. The average molecular weight is 236 g/mol. The van der Waals surface area contributed by atoms with E-state index in [2.05, 4.69) is 12.1 Å². The lowest BCUT2D eigenvalue weighted by molar-refractivity contribution is 0.0267. The maximum absolute atomic E-state index is 9.56. The zero-order valence-corrected chi connectivity index (χ0v) is 10.0. The number of hydrogen-bond donors (Lipinski definition) is 1. The molecule has 3 nitrogen and oxygen atoms in total. The second-order valence-electron chi connectivity index (χ2n) is 4.45. The van der Waals surface area contributed by atoms with E-state index in [9.17, 15) is 5.11 Å². The topological polar surface area (TPSA) is 38.7 Å². The standard InChI is InChI=1S/C14H20O3/c15-13-8-10-17-14(13)7-4-9-16-11-12-5-2-1-3-6-12/h1-3,5-6,13-15H,4,7-11H2/t13-,14-/m0/s1. The third-order valence-corrected chi connectivity index (χ3v) is 3.06. The Hall–Kier alpha value is -0.900. The summed E-state index contributed by atoms with van der Waals surface area (Å²) in [6.45, 7) is 2.08. The van der Waals surface area contributed by atoms with Crippen LogP contribution in [0, 0.1) is 0 Å². The summed E-state index contributed by atoms with van der Waals surface area (Å²) in [4.78, 5) is 0. The van der Waals surface area contributed by atoms with Crippen molar-refractivity contribution in [2.24, 2.45) is 0 Å². The Morgan fingerprint density at radius 3 is 2.82 bits per heavy atom. The van der Waals surface area contributed by atoms with Gasteiger partial charge < -0.3 is 14.6 Å². The van der Waals surface area contributed by atoms with Crippen molar-refractivity contribution in [2.45, 2.75) is 38.1 Å². The molecule has 0 amide bonds. The van der Waals surface area contributed by atoms with Crippen molar-refractivity contribution < 1.29 is 14.6 Å². The summed E-state index contributed by atoms with van der Waals surface area (Å²) in [6, 6.07) is 10.2. The number of aliphatic hydroxyl groups excluding tert-OH is 1. The average Bonchev–Trinajstić information content (AvgIpc) is 2.76. The van der Waals surface area contributed by atoms with Crippen molar-refractivity contribution in [3.8, 4) is 0 Å². The number of rotatable bonds is 6. The fourth-order valence-electron chi connectivity index (χ4n) is 2.06. The summed E-state index contributed by atoms with van der Waals surface area (Å²) in [5.74, 6) is 0. The minimum absolute atomic E-state index is 0.0234. The van der Waals surface area contributed by atoms with E-state index in [0.29, 0.717) is 13.2 Å². The Bertz CT molecular complexity index is 313. The fraction of sp³-hybridized carbons (Fsp3) is 0.571. The summed E-state index contributed by atoms with van der Waals surface area (Å²) < 4.78 is 11.0. The van der Waals surface area contributed by atoms with Crippen molar-refractivity contribution >= 4 is 0 Å². The van der Waals surface area contributed by atoms with Crippen LogP contribution in [-0.2, 0) is 16.1 Å². The molecule has 0 radical (unpaired) electrons. The van der Waals surface area contributed by atoms with E-state index < -0.39 is 0 Å². The SMILES string of the molecule is O[C@H]1CCO[C@H]1CCCOCc1ccccc1. The van der Waals surface area contributed by atoms with Crippen molar-refractivity contribution in [1.29, 1.82) is 0 Å². The molecule has 1 fully saturated rings. The summed E-state index contributed by atoms with van der Waals surface area (Å²) in [7, 11) is 0. The third-order valence-electron chi connectivity index (χ3n) is 3.06. The van der Waals surface area contributed by atoms with E-state index in [4.69, 9.17) is 9.47 Å². The summed E-state index contributed by atoms with van der Waals surface area (Å²) >= 11 is 0. The lowest BCUT2D eigenvalue weighted by Crippen LogP contribution is -2.20. The number of ether oxygens (including phenoxy) is 2. The fourth-order valence-corrected chi connectivity index (χ4v) is 2.06. The van der Waals surface area contributed by atoms with Crippen LogP contribution in [0.3, 0.4) is 0 Å². The van der Waals surface area contributed by atoms with Crippen LogP contribution in [0.5, 0.6) is 0 Å². The zero-order chi connectivity index (χ0) is 11.9. The first-order valence-electron chi connectivity index (χ1n) is 6.27. The van der Waals surface area contributed by atoms with Gasteiger partial charge in [0.25, 0.3) is 0 Å². The molecule has 1 aliphatic rings. The molecule has 0 aromatic heterocycles. The number of hydrogen-bond acceptors (Lipinski definition) is 3. The first kappa shape index (κ1) is 12.6. The van der Waals surface area contributed by atoms with Crippen molar-refractivity contribution in [3.63, 3.8) is 0 Å². The van der Waals surface area contributed by atoms with Crippen LogP contribution < -0.4 is 0 Å². The van der Waals surface area contributed by atoms with Crippen LogP contribution in [0.2, 0.25) is 0 Å². The molecular weight excluding hydrogens is 216 g/mol. The second-order valence-corrected chi connectivity index (χ2v) is 4.45. The van der Waals surface area contributed by atoms with Gasteiger partial charge in [-0.25, -0.2) is 0 Å². The first-order valence-corrected chi connectivity index (χ1v) is 6.27. The molecule has 0 spiro atoms. The van der Waals surface area contributed by atoms with Crippen LogP contribution in [0.15, 0.2) is 30.3 Å². The van der Waals surface area contributed by atoms with Gasteiger partial charge in [0.2, 0.25) is 0 Å². The smallest absolute Gasteiger partial charge is 0.0835 e. The zero-order valence-electron chi connectivity index (χ0n) is 10.0. The summed E-state index contributed by atoms with van der Waals surface area (Å²) in [5.41, 5.74) is 1.20. The van der Waals surface area contributed by atoms with E-state index in [-0.39, 0.29) is 12.2 Å². The molecule has 1 aromatic rings. The van der Waals surface area contributed by atoms with Crippen LogP contribution in [-0.4, -0.2) is 30.5 Å². The van der Waals surface area contributed by atoms with E-state index in [1.807, 2.05) is 18.2 Å². The lowest BCUT2D eigenvalue weighted by Gasteiger charge is -2.13. The summed E-state index contributed by atoms with van der Waals surface area (Å²) in [6.07, 6.45) is 2.35. The van der Waals surface area contributed by atoms with E-state index >= 15 is 0 Å². The molecule has 0 aliphatic carbocycles. The maximum atomic E-state index is 9.56. The predicted octanol–water partition coefficient (Wildman–Crippen LogP) is 2.13. The van der Waals surface area contributed by atoms with Gasteiger partial charge in [0.1, 0.15) is 0 Å². The lowest BCUT2D eigenvalue weighted by atomic mass is 10.1. The number of aliphatic hydroxyl groups is 1. The largest absolute Gasteiger partial charge is 0.390 e. The van der Waals surface area contributed by atoms with Gasteiger partial charge >= 0.3 is 0 Å². The van der Waals surface area contributed by atoms with Gasteiger partial charge in [-0.2, -0.15) is 0 Å². The third kappa shape index (κ3) is 4.11. The van der Waals surface area contributed by atoms with Gasteiger partial charge in [0.15, 0.2) is 0 Å². The van der Waals surface area contributed by atoms with Crippen LogP contribution in [0.25, 0.3) is 0 Å². The molecule has 0 bridgehead atoms. The highest BCUT2D eigenvalue weighted by Gasteiger charge is 2.25. The Morgan fingerprint density at radius 2 is 2.12 bits per heavy atom. The number of benzene rings is 1. The highest BCUT2D eigenvalue weighted by molar-refractivity contribution is 5.13. The van der Waals surface area contributed by atoms with Crippen LogP contribution in [0.4, 0.5) is 0 Å². The molecule has 2 rings (SSSR count). The molecule has 17 heavy (non-hydrogen) atoms. The van der Waals surface area contributed by atoms with Crippen LogP contribution in [0.1, 0.15) is 24.8 Å². The van der Waals surface area contributed by atoms with Gasteiger partial charge in [-0.3, -0.25) is 0 Å². The Morgan fingerprint density at radius 1 is 1.29 bits per heavy atom. The van der Waals surface area contributed by atoms with E-state index in [0.717, 1.165) is 25.9 Å². The summed E-state index contributed by atoms with van der Waals surface area (Å²) in [5, 5.41) is 9.56. The molecule has 1 heterocycles. The molecular formula is C14H20O3.